The van der Waals surface area contributed by atoms with Crippen molar-refractivity contribution in [2.24, 2.45) is 0 Å². The Morgan fingerprint density at radius 1 is 0.629 bits per heavy atom. The van der Waals surface area contributed by atoms with Crippen LogP contribution in [0.1, 0.15) is 52.0 Å². The lowest BCUT2D eigenvalue weighted by atomic mass is 10.0. The van der Waals surface area contributed by atoms with Crippen molar-refractivity contribution in [2.75, 3.05) is 27.9 Å². The topological polar surface area (TPSA) is 71.1 Å². The van der Waals surface area contributed by atoms with Crippen LogP contribution in [-0.4, -0.2) is 39.9 Å². The highest BCUT2D eigenvalue weighted by molar-refractivity contribution is 5.95. The lowest BCUT2D eigenvalue weighted by Crippen LogP contribution is -2.08. The molecular weight excluding hydrogens is 444 g/mol. The van der Waals surface area contributed by atoms with Gasteiger partial charge in [0.2, 0.25) is 0 Å². The van der Waals surface area contributed by atoms with Gasteiger partial charge < -0.3 is 18.9 Å². The number of carbonyl (C=O) groups excluding carboxylic acids is 2. The van der Waals surface area contributed by atoms with Crippen molar-refractivity contribution in [3.8, 4) is 22.6 Å². The second kappa shape index (κ2) is 13.2. The summed E-state index contributed by atoms with van der Waals surface area (Å²) in [5, 5.41) is 0. The molecule has 0 aliphatic carbocycles. The fourth-order valence-electron chi connectivity index (χ4n) is 3.81. The van der Waals surface area contributed by atoms with Gasteiger partial charge in [-0.1, -0.05) is 37.1 Å². The summed E-state index contributed by atoms with van der Waals surface area (Å²) in [5.74, 6) is 0.768. The first-order chi connectivity index (χ1) is 17.0. The number of unbranched alkanes of at least 4 members (excludes halogenated alkanes) is 3. The number of esters is 2. The quantitative estimate of drug-likeness (QED) is 0.232. The molecular formula is C29H32O6. The summed E-state index contributed by atoms with van der Waals surface area (Å²) in [6.07, 6.45) is 4.72. The molecule has 0 N–H and O–H groups in total. The highest BCUT2D eigenvalue weighted by Gasteiger charge is 2.13. The SMILES string of the molecule is COC(=O)c1cc(CCCCCCOc2ccc(-c3ccc(OC)cc3)cc2)cc(C(=O)OC)c1. The van der Waals surface area contributed by atoms with Crippen molar-refractivity contribution in [1.82, 2.24) is 0 Å². The molecule has 0 radical (unpaired) electrons. The average Bonchev–Trinajstić information content (AvgIpc) is 2.91. The van der Waals surface area contributed by atoms with Gasteiger partial charge in [-0.15, -0.1) is 0 Å². The minimum atomic E-state index is -0.466. The molecule has 0 aliphatic rings. The molecule has 0 aromatic heterocycles. The molecule has 0 amide bonds. The predicted octanol–water partition coefficient (Wildman–Crippen LogP) is 6.12. The van der Waals surface area contributed by atoms with Crippen LogP contribution < -0.4 is 9.47 Å². The van der Waals surface area contributed by atoms with Crippen molar-refractivity contribution >= 4 is 11.9 Å². The van der Waals surface area contributed by atoms with Crippen LogP contribution in [0.3, 0.4) is 0 Å². The Kier molecular flexibility index (Phi) is 9.72. The molecule has 3 rings (SSSR count). The molecule has 0 aliphatic heterocycles. The predicted molar refractivity (Wildman–Crippen MR) is 135 cm³/mol. The number of hydrogen-bond donors (Lipinski definition) is 0. The summed E-state index contributed by atoms with van der Waals surface area (Å²) in [5.41, 5.74) is 3.90. The largest absolute Gasteiger partial charge is 0.497 e. The van der Waals surface area contributed by atoms with Crippen molar-refractivity contribution in [2.45, 2.75) is 32.1 Å². The van der Waals surface area contributed by atoms with Gasteiger partial charge >= 0.3 is 11.9 Å². The van der Waals surface area contributed by atoms with E-state index in [-0.39, 0.29) is 0 Å². The summed E-state index contributed by atoms with van der Waals surface area (Å²) in [6.45, 7) is 0.659. The van der Waals surface area contributed by atoms with Crippen molar-refractivity contribution in [3.63, 3.8) is 0 Å². The van der Waals surface area contributed by atoms with E-state index in [2.05, 4.69) is 12.1 Å². The fourth-order valence-corrected chi connectivity index (χ4v) is 3.81. The van der Waals surface area contributed by atoms with E-state index in [0.29, 0.717) is 17.7 Å². The maximum atomic E-state index is 11.9. The van der Waals surface area contributed by atoms with Crippen LogP contribution >= 0.6 is 0 Å². The number of carbonyl (C=O) groups is 2. The van der Waals surface area contributed by atoms with Gasteiger partial charge in [-0.25, -0.2) is 9.59 Å². The number of aryl methyl sites for hydroxylation is 1. The number of methoxy groups -OCH3 is 3. The molecule has 184 valence electrons. The fraction of sp³-hybridized carbons (Fsp3) is 0.310. The molecule has 0 atom stereocenters. The monoisotopic (exact) mass is 476 g/mol. The third-order valence-corrected chi connectivity index (χ3v) is 5.74. The van der Waals surface area contributed by atoms with Crippen molar-refractivity contribution in [1.29, 1.82) is 0 Å². The van der Waals surface area contributed by atoms with Crippen molar-refractivity contribution in [3.05, 3.63) is 83.4 Å². The average molecular weight is 477 g/mol. The number of hydrogen-bond acceptors (Lipinski definition) is 6. The van der Waals surface area contributed by atoms with Crippen LogP contribution in [0.25, 0.3) is 11.1 Å². The highest BCUT2D eigenvalue weighted by atomic mass is 16.5. The molecule has 0 saturated heterocycles. The lowest BCUT2D eigenvalue weighted by molar-refractivity contribution is 0.0599. The molecule has 6 nitrogen and oxygen atoms in total. The Morgan fingerprint density at radius 3 is 1.66 bits per heavy atom. The van der Waals surface area contributed by atoms with E-state index in [4.69, 9.17) is 18.9 Å². The Morgan fingerprint density at radius 2 is 1.14 bits per heavy atom. The Hall–Kier alpha value is -3.80. The minimum absolute atomic E-state index is 0.358. The number of rotatable bonds is 12. The summed E-state index contributed by atoms with van der Waals surface area (Å²) in [4.78, 5) is 23.8. The summed E-state index contributed by atoms with van der Waals surface area (Å²) >= 11 is 0. The van der Waals surface area contributed by atoms with Crippen LogP contribution in [0.15, 0.2) is 66.7 Å². The van der Waals surface area contributed by atoms with Gasteiger partial charge in [0.1, 0.15) is 11.5 Å². The lowest BCUT2D eigenvalue weighted by Gasteiger charge is -2.09. The molecule has 0 fully saturated rings. The van der Waals surface area contributed by atoms with Gasteiger partial charge in [0.25, 0.3) is 0 Å². The zero-order valence-electron chi connectivity index (χ0n) is 20.5. The second-order valence-electron chi connectivity index (χ2n) is 8.17. The molecule has 0 saturated carbocycles. The molecule has 0 unspecified atom stereocenters. The van der Waals surface area contributed by atoms with Gasteiger partial charge in [0.15, 0.2) is 0 Å². The molecule has 0 spiro atoms. The molecule has 0 heterocycles. The third kappa shape index (κ3) is 7.60. The van der Waals surface area contributed by atoms with Gasteiger partial charge in [-0.3, -0.25) is 0 Å². The van der Waals surface area contributed by atoms with Crippen LogP contribution in [0.2, 0.25) is 0 Å². The smallest absolute Gasteiger partial charge is 0.337 e. The van der Waals surface area contributed by atoms with E-state index >= 15 is 0 Å². The first-order valence-electron chi connectivity index (χ1n) is 11.7. The van der Waals surface area contributed by atoms with Gasteiger partial charge in [0, 0.05) is 0 Å². The normalized spacial score (nSPS) is 10.5. The summed E-state index contributed by atoms with van der Waals surface area (Å²) in [7, 11) is 4.31. The number of ether oxygens (including phenoxy) is 4. The zero-order chi connectivity index (χ0) is 25.0. The third-order valence-electron chi connectivity index (χ3n) is 5.74. The van der Waals surface area contributed by atoms with Gasteiger partial charge in [0.05, 0.1) is 39.1 Å². The first kappa shape index (κ1) is 25.8. The van der Waals surface area contributed by atoms with E-state index in [1.165, 1.54) is 20.3 Å². The standard InChI is InChI=1S/C29H32O6/c1-32-26-13-9-22(10-14-26)23-11-15-27(16-12-23)35-17-7-5-4-6-8-21-18-24(28(30)33-2)20-25(19-21)29(31)34-3/h9-16,18-20H,4-8,17H2,1-3H3. The zero-order valence-corrected chi connectivity index (χ0v) is 20.5. The van der Waals surface area contributed by atoms with Crippen LogP contribution in [0.4, 0.5) is 0 Å². The van der Waals surface area contributed by atoms with E-state index in [9.17, 15) is 9.59 Å². The maximum absolute atomic E-state index is 11.9. The highest BCUT2D eigenvalue weighted by Crippen LogP contribution is 2.24. The van der Waals surface area contributed by atoms with Crippen LogP contribution in [0, 0.1) is 0 Å². The van der Waals surface area contributed by atoms with E-state index in [1.54, 1.807) is 19.2 Å². The van der Waals surface area contributed by atoms with Gasteiger partial charge in [-0.05, 0) is 78.4 Å². The summed E-state index contributed by atoms with van der Waals surface area (Å²) in [6, 6.07) is 21.1. The first-order valence-corrected chi connectivity index (χ1v) is 11.7. The molecule has 0 bridgehead atoms. The van der Waals surface area contributed by atoms with Crippen molar-refractivity contribution < 1.29 is 28.5 Å². The minimum Gasteiger partial charge on any atom is -0.497 e. The van der Waals surface area contributed by atoms with E-state index < -0.39 is 11.9 Å². The van der Waals surface area contributed by atoms with E-state index in [1.807, 2.05) is 36.4 Å². The van der Waals surface area contributed by atoms with Gasteiger partial charge in [-0.2, -0.15) is 0 Å². The molecule has 3 aromatic rings. The van der Waals surface area contributed by atoms with Crippen LogP contribution in [-0.2, 0) is 15.9 Å². The second-order valence-corrected chi connectivity index (χ2v) is 8.17. The molecule has 6 heteroatoms. The van der Waals surface area contributed by atoms with Crippen LogP contribution in [0.5, 0.6) is 11.5 Å². The molecule has 35 heavy (non-hydrogen) atoms. The van der Waals surface area contributed by atoms with E-state index in [0.717, 1.165) is 60.3 Å². The summed E-state index contributed by atoms with van der Waals surface area (Å²) < 4.78 is 20.7. The number of benzene rings is 3. The Balaban J connectivity index is 1.40. The Labute approximate surface area is 206 Å². The Bertz CT molecular complexity index is 1070. The maximum Gasteiger partial charge on any atom is 0.337 e. The molecule has 3 aromatic carbocycles.